The number of hydrogen-bond donors (Lipinski definition) is 0. The first kappa shape index (κ1) is 26.5. The van der Waals surface area contributed by atoms with Crippen LogP contribution in [-0.2, 0) is 6.42 Å². The zero-order valence-electron chi connectivity index (χ0n) is 24.4. The monoisotopic (exact) mass is 581 g/mol. The van der Waals surface area contributed by atoms with E-state index in [1.165, 1.54) is 0 Å². The fourth-order valence-electron chi connectivity index (χ4n) is 5.92. The molecule has 0 fully saturated rings. The van der Waals surface area contributed by atoms with E-state index in [1.807, 2.05) is 97.1 Å². The number of para-hydroxylation sites is 2. The number of nitrogens with zero attached hydrogens (tertiary/aromatic N) is 3. The Hall–Kier alpha value is -6.07. The van der Waals surface area contributed by atoms with Crippen LogP contribution in [0.2, 0.25) is 0 Å². The molecule has 0 aliphatic rings. The number of hydrogen-bond acceptors (Lipinski definition) is 5. The van der Waals surface area contributed by atoms with Crippen LogP contribution in [0, 0.1) is 0 Å². The summed E-state index contributed by atoms with van der Waals surface area (Å²) in [7, 11) is 0. The zero-order valence-corrected chi connectivity index (χ0v) is 24.4. The minimum atomic E-state index is 0.541. The number of aromatic nitrogens is 3. The quantitative estimate of drug-likeness (QED) is 0.175. The minimum absolute atomic E-state index is 0.541. The molecule has 3 heterocycles. The van der Waals surface area contributed by atoms with E-state index in [-0.39, 0.29) is 0 Å². The van der Waals surface area contributed by atoms with Crippen molar-refractivity contribution >= 4 is 43.9 Å². The van der Waals surface area contributed by atoms with Crippen molar-refractivity contribution in [1.29, 1.82) is 0 Å². The van der Waals surface area contributed by atoms with Crippen LogP contribution in [0.5, 0.6) is 0 Å². The highest BCUT2D eigenvalue weighted by atomic mass is 16.3. The molecule has 0 spiro atoms. The fourth-order valence-corrected chi connectivity index (χ4v) is 5.92. The number of rotatable bonds is 7. The van der Waals surface area contributed by atoms with Gasteiger partial charge in [0.25, 0.3) is 0 Å². The Balaban J connectivity index is 1.40. The summed E-state index contributed by atoms with van der Waals surface area (Å²) in [6.45, 7) is 3.74. The van der Waals surface area contributed by atoms with Crippen LogP contribution in [0.4, 0.5) is 0 Å². The first-order valence-corrected chi connectivity index (χ1v) is 14.9. The second kappa shape index (κ2) is 11.2. The Bertz CT molecular complexity index is 2430. The molecular weight excluding hydrogens is 554 g/mol. The number of furan rings is 2. The molecule has 8 rings (SSSR count). The fraction of sp³-hybridized carbons (Fsp3) is 0.0250. The normalized spacial score (nSPS) is 12.0. The van der Waals surface area contributed by atoms with E-state index in [2.05, 4.69) is 43.0 Å². The van der Waals surface area contributed by atoms with Crippen molar-refractivity contribution in [3.8, 4) is 33.9 Å². The SMILES string of the molecule is C=C/C=C\C=C/Cc1nc(-c2ccccc2)nc(-c2c(-c3ccc4c(c3)oc3ccccc34)ccc3oc4ccccc4c23)n1. The molecule has 5 nitrogen and oxygen atoms in total. The molecule has 0 bridgehead atoms. The highest BCUT2D eigenvalue weighted by molar-refractivity contribution is 6.15. The van der Waals surface area contributed by atoms with Crippen LogP contribution in [0.25, 0.3) is 77.8 Å². The summed E-state index contributed by atoms with van der Waals surface area (Å²) in [5, 5.41) is 4.15. The molecule has 214 valence electrons. The lowest BCUT2D eigenvalue weighted by molar-refractivity contribution is 0.669. The Kier molecular flexibility index (Phi) is 6.61. The molecule has 45 heavy (non-hydrogen) atoms. The van der Waals surface area contributed by atoms with Crippen LogP contribution in [-0.4, -0.2) is 15.0 Å². The third-order valence-electron chi connectivity index (χ3n) is 7.97. The second-order valence-electron chi connectivity index (χ2n) is 10.8. The number of allylic oxidation sites excluding steroid dienone is 5. The summed E-state index contributed by atoms with van der Waals surface area (Å²) < 4.78 is 12.6. The largest absolute Gasteiger partial charge is 0.456 e. The number of fused-ring (bicyclic) bond motifs is 6. The van der Waals surface area contributed by atoms with Crippen LogP contribution >= 0.6 is 0 Å². The van der Waals surface area contributed by atoms with Gasteiger partial charge in [-0.25, -0.2) is 15.0 Å². The molecule has 0 amide bonds. The topological polar surface area (TPSA) is 65.0 Å². The lowest BCUT2D eigenvalue weighted by Crippen LogP contribution is -2.03. The molecule has 3 aromatic heterocycles. The van der Waals surface area contributed by atoms with Gasteiger partial charge in [0.05, 0.1) is 0 Å². The van der Waals surface area contributed by atoms with Gasteiger partial charge in [-0.3, -0.25) is 0 Å². The predicted molar refractivity (Wildman–Crippen MR) is 183 cm³/mol. The molecule has 8 aromatic rings. The molecule has 0 N–H and O–H groups in total. The minimum Gasteiger partial charge on any atom is -0.456 e. The van der Waals surface area contributed by atoms with E-state index >= 15 is 0 Å². The first-order valence-electron chi connectivity index (χ1n) is 14.9. The first-order chi connectivity index (χ1) is 22.3. The van der Waals surface area contributed by atoms with Crippen LogP contribution < -0.4 is 0 Å². The van der Waals surface area contributed by atoms with Crippen LogP contribution in [0.3, 0.4) is 0 Å². The predicted octanol–water partition coefficient (Wildman–Crippen LogP) is 10.5. The van der Waals surface area contributed by atoms with Crippen LogP contribution in [0.1, 0.15) is 5.82 Å². The standard InChI is InChI=1S/C40H27N3O2/c1-2-3-4-5-9-20-36-41-39(26-14-7-6-8-15-26)43-40(42-36)38-28(23-24-34-37(38)31-17-11-13-19-33(31)44-34)27-21-22-30-29-16-10-12-18-32(29)45-35(30)25-27/h2-19,21-25H,1,20H2/b4-3-,9-5-. The van der Waals surface area contributed by atoms with Gasteiger partial charge in [0.2, 0.25) is 0 Å². The molecule has 5 heteroatoms. The van der Waals surface area contributed by atoms with Crippen molar-refractivity contribution in [2.45, 2.75) is 6.42 Å². The summed E-state index contributed by atoms with van der Waals surface area (Å²) in [5.41, 5.74) is 7.09. The maximum Gasteiger partial charge on any atom is 0.165 e. The van der Waals surface area contributed by atoms with E-state index in [4.69, 9.17) is 23.8 Å². The van der Waals surface area contributed by atoms with Gasteiger partial charge in [0, 0.05) is 39.1 Å². The summed E-state index contributed by atoms with van der Waals surface area (Å²) in [6.07, 6.45) is 10.1. The van der Waals surface area contributed by atoms with Crippen molar-refractivity contribution in [3.63, 3.8) is 0 Å². The summed E-state index contributed by atoms with van der Waals surface area (Å²) in [6, 6.07) is 36.8. The summed E-state index contributed by atoms with van der Waals surface area (Å²) in [4.78, 5) is 15.1. The second-order valence-corrected chi connectivity index (χ2v) is 10.8. The van der Waals surface area contributed by atoms with Crippen molar-refractivity contribution < 1.29 is 8.83 Å². The Morgan fingerprint density at radius 3 is 2.11 bits per heavy atom. The van der Waals surface area contributed by atoms with Gasteiger partial charge in [-0.2, -0.15) is 0 Å². The Labute approximate surface area is 259 Å². The molecule has 0 saturated heterocycles. The molecule has 0 saturated carbocycles. The Morgan fingerprint density at radius 2 is 1.27 bits per heavy atom. The lowest BCUT2D eigenvalue weighted by atomic mass is 9.94. The van der Waals surface area contributed by atoms with Gasteiger partial charge in [0.1, 0.15) is 28.2 Å². The van der Waals surface area contributed by atoms with E-state index in [1.54, 1.807) is 6.08 Å². The molecule has 0 aliphatic carbocycles. The van der Waals surface area contributed by atoms with Crippen molar-refractivity contribution in [2.75, 3.05) is 0 Å². The highest BCUT2D eigenvalue weighted by Gasteiger charge is 2.22. The average molecular weight is 582 g/mol. The van der Waals surface area contributed by atoms with Gasteiger partial charge in [0.15, 0.2) is 11.6 Å². The van der Waals surface area contributed by atoms with E-state index < -0.39 is 0 Å². The van der Waals surface area contributed by atoms with Crippen molar-refractivity contribution in [1.82, 2.24) is 15.0 Å². The van der Waals surface area contributed by atoms with Gasteiger partial charge in [-0.05, 0) is 47.5 Å². The maximum atomic E-state index is 6.35. The molecular formula is C40H27N3O2. The van der Waals surface area contributed by atoms with E-state index in [0.29, 0.717) is 23.9 Å². The smallest absolute Gasteiger partial charge is 0.165 e. The van der Waals surface area contributed by atoms with E-state index in [9.17, 15) is 0 Å². The van der Waals surface area contributed by atoms with Gasteiger partial charge in [-0.15, -0.1) is 0 Å². The highest BCUT2D eigenvalue weighted by Crippen LogP contribution is 2.43. The summed E-state index contributed by atoms with van der Waals surface area (Å²) in [5.74, 6) is 1.88. The van der Waals surface area contributed by atoms with Gasteiger partial charge >= 0.3 is 0 Å². The van der Waals surface area contributed by atoms with Gasteiger partial charge in [-0.1, -0.05) is 110 Å². The third-order valence-corrected chi connectivity index (χ3v) is 7.97. The Morgan fingerprint density at radius 1 is 0.556 bits per heavy atom. The molecule has 0 atom stereocenters. The summed E-state index contributed by atoms with van der Waals surface area (Å²) >= 11 is 0. The lowest BCUT2D eigenvalue weighted by Gasteiger charge is -2.13. The molecule has 0 radical (unpaired) electrons. The third kappa shape index (κ3) is 4.81. The maximum absolute atomic E-state index is 6.35. The zero-order chi connectivity index (χ0) is 30.2. The van der Waals surface area contributed by atoms with Gasteiger partial charge < -0.3 is 8.83 Å². The van der Waals surface area contributed by atoms with Crippen molar-refractivity contribution in [2.24, 2.45) is 0 Å². The van der Waals surface area contributed by atoms with E-state index in [0.717, 1.165) is 66.1 Å². The molecule has 0 unspecified atom stereocenters. The van der Waals surface area contributed by atoms with Crippen molar-refractivity contribution in [3.05, 3.63) is 152 Å². The number of benzene rings is 5. The average Bonchev–Trinajstić information content (AvgIpc) is 3.66. The molecule has 0 aliphatic heterocycles. The van der Waals surface area contributed by atoms with Crippen LogP contribution in [0.15, 0.2) is 155 Å². The molecule has 5 aromatic carbocycles.